The average Bonchev–Trinajstić information content (AvgIpc) is 3.72. The molecule has 0 aliphatic carbocycles. The Bertz CT molecular complexity index is 1040. The summed E-state index contributed by atoms with van der Waals surface area (Å²) in [5.41, 5.74) is 3.47. The van der Waals surface area contributed by atoms with Gasteiger partial charge in [-0.15, -0.1) is 0 Å². The van der Waals surface area contributed by atoms with Gasteiger partial charge >= 0.3 is 0 Å². The first kappa shape index (κ1) is 21.5. The van der Waals surface area contributed by atoms with Crippen LogP contribution in [0.1, 0.15) is 22.6 Å². The summed E-state index contributed by atoms with van der Waals surface area (Å²) >= 11 is 0. The Morgan fingerprint density at radius 3 is 1.44 bits per heavy atom. The monoisotopic (exact) mass is 460 g/mol. The first-order valence-corrected chi connectivity index (χ1v) is 11.8. The van der Waals surface area contributed by atoms with E-state index in [2.05, 4.69) is 36.4 Å². The molecule has 3 heterocycles. The van der Waals surface area contributed by atoms with Gasteiger partial charge in [-0.3, -0.25) is 0 Å². The predicted molar refractivity (Wildman–Crippen MR) is 126 cm³/mol. The second kappa shape index (κ2) is 9.66. The fourth-order valence-electron chi connectivity index (χ4n) is 3.96. The third-order valence-electron chi connectivity index (χ3n) is 6.11. The summed E-state index contributed by atoms with van der Waals surface area (Å²) in [4.78, 5) is 0. The molecule has 34 heavy (non-hydrogen) atoms. The summed E-state index contributed by atoms with van der Waals surface area (Å²) in [5.74, 6) is 2.56. The number of benzene rings is 3. The van der Waals surface area contributed by atoms with Crippen LogP contribution in [0.15, 0.2) is 72.8 Å². The molecule has 6 heteroatoms. The number of rotatable bonds is 12. The Balaban J connectivity index is 1.28. The van der Waals surface area contributed by atoms with Gasteiger partial charge in [0.2, 0.25) is 0 Å². The van der Waals surface area contributed by atoms with E-state index in [1.807, 2.05) is 36.4 Å². The molecule has 3 atom stereocenters. The zero-order chi connectivity index (χ0) is 22.7. The standard InChI is InChI=1S/C28H28O6/c1-3-20(11-23(5-1)30-14-26-17-33-26)28(19-7-9-22(10-8-19)29-13-25-16-32-25)21-4-2-6-24(12-21)31-15-27-18-34-27/h1-12,25-28H,13-18H2. The summed E-state index contributed by atoms with van der Waals surface area (Å²) in [7, 11) is 0. The topological polar surface area (TPSA) is 65.3 Å². The second-order valence-electron chi connectivity index (χ2n) is 8.95. The van der Waals surface area contributed by atoms with Crippen LogP contribution in [-0.2, 0) is 14.2 Å². The Kier molecular flexibility index (Phi) is 6.10. The Morgan fingerprint density at radius 1 is 0.559 bits per heavy atom. The fourth-order valence-corrected chi connectivity index (χ4v) is 3.96. The van der Waals surface area contributed by atoms with Gasteiger partial charge in [0.25, 0.3) is 0 Å². The van der Waals surface area contributed by atoms with Crippen molar-refractivity contribution in [1.29, 1.82) is 0 Å². The van der Waals surface area contributed by atoms with Gasteiger partial charge in [0.05, 0.1) is 19.8 Å². The van der Waals surface area contributed by atoms with Crippen molar-refractivity contribution in [1.82, 2.24) is 0 Å². The smallest absolute Gasteiger partial charge is 0.119 e. The Labute approximate surface area is 199 Å². The molecule has 0 aromatic heterocycles. The predicted octanol–water partition coefficient (Wildman–Crippen LogP) is 4.20. The molecule has 3 aliphatic rings. The second-order valence-corrected chi connectivity index (χ2v) is 8.95. The van der Waals surface area contributed by atoms with E-state index < -0.39 is 0 Å². The number of hydrogen-bond acceptors (Lipinski definition) is 6. The molecule has 3 unspecified atom stereocenters. The third kappa shape index (κ3) is 5.70. The van der Waals surface area contributed by atoms with E-state index >= 15 is 0 Å². The van der Waals surface area contributed by atoms with Crippen molar-refractivity contribution in [3.63, 3.8) is 0 Å². The zero-order valence-corrected chi connectivity index (χ0v) is 18.9. The molecule has 3 aromatic rings. The lowest BCUT2D eigenvalue weighted by molar-refractivity contribution is 0.262. The van der Waals surface area contributed by atoms with Gasteiger partial charge in [0, 0.05) is 5.92 Å². The van der Waals surface area contributed by atoms with Gasteiger partial charge in [-0.1, -0.05) is 36.4 Å². The summed E-state index contributed by atoms with van der Waals surface area (Å²) in [6.45, 7) is 4.10. The van der Waals surface area contributed by atoms with Gasteiger partial charge in [-0.05, 0) is 53.1 Å². The highest BCUT2D eigenvalue weighted by Crippen LogP contribution is 2.36. The van der Waals surface area contributed by atoms with Crippen LogP contribution < -0.4 is 14.2 Å². The molecule has 6 rings (SSSR count). The van der Waals surface area contributed by atoms with Crippen LogP contribution in [0.4, 0.5) is 0 Å². The Morgan fingerprint density at radius 2 is 1.00 bits per heavy atom. The quantitative estimate of drug-likeness (QED) is 0.298. The van der Waals surface area contributed by atoms with Gasteiger partial charge in [-0.2, -0.15) is 0 Å². The van der Waals surface area contributed by atoms with Crippen molar-refractivity contribution in [2.75, 3.05) is 39.6 Å². The minimum absolute atomic E-state index is 0.0160. The van der Waals surface area contributed by atoms with Crippen LogP contribution in [0, 0.1) is 0 Å². The van der Waals surface area contributed by atoms with E-state index in [4.69, 9.17) is 28.4 Å². The van der Waals surface area contributed by atoms with Crippen molar-refractivity contribution in [2.45, 2.75) is 24.2 Å². The largest absolute Gasteiger partial charge is 0.491 e. The van der Waals surface area contributed by atoms with E-state index in [-0.39, 0.29) is 24.2 Å². The van der Waals surface area contributed by atoms with Gasteiger partial charge in [-0.25, -0.2) is 0 Å². The Hall–Kier alpha value is -3.06. The van der Waals surface area contributed by atoms with Crippen LogP contribution >= 0.6 is 0 Å². The molecular formula is C28H28O6. The highest BCUT2D eigenvalue weighted by Gasteiger charge is 2.25. The molecule has 3 saturated heterocycles. The minimum atomic E-state index is 0.0160. The van der Waals surface area contributed by atoms with Gasteiger partial charge in [0.1, 0.15) is 55.4 Å². The van der Waals surface area contributed by atoms with E-state index in [1.165, 1.54) is 5.56 Å². The molecule has 176 valence electrons. The van der Waals surface area contributed by atoms with Crippen LogP contribution in [0.3, 0.4) is 0 Å². The maximum Gasteiger partial charge on any atom is 0.119 e. The van der Waals surface area contributed by atoms with Crippen LogP contribution in [-0.4, -0.2) is 58.0 Å². The molecule has 3 fully saturated rings. The number of epoxide rings is 3. The van der Waals surface area contributed by atoms with Crippen molar-refractivity contribution >= 4 is 0 Å². The molecule has 0 amide bonds. The molecule has 3 aromatic carbocycles. The highest BCUT2D eigenvalue weighted by molar-refractivity contribution is 5.48. The first-order chi connectivity index (χ1) is 16.8. The third-order valence-corrected chi connectivity index (χ3v) is 6.11. The van der Waals surface area contributed by atoms with Gasteiger partial charge < -0.3 is 28.4 Å². The van der Waals surface area contributed by atoms with Crippen molar-refractivity contribution in [2.24, 2.45) is 0 Å². The van der Waals surface area contributed by atoms with Crippen molar-refractivity contribution in [3.8, 4) is 17.2 Å². The molecular weight excluding hydrogens is 432 g/mol. The molecule has 3 aliphatic heterocycles. The van der Waals surface area contributed by atoms with E-state index in [0.717, 1.165) is 48.2 Å². The highest BCUT2D eigenvalue weighted by atomic mass is 16.6. The van der Waals surface area contributed by atoms with Crippen molar-refractivity contribution < 1.29 is 28.4 Å². The average molecular weight is 461 g/mol. The molecule has 0 radical (unpaired) electrons. The number of hydrogen-bond donors (Lipinski definition) is 0. The maximum atomic E-state index is 5.97. The normalized spacial score (nSPS) is 23.1. The van der Waals surface area contributed by atoms with E-state index in [1.54, 1.807) is 0 Å². The molecule has 6 nitrogen and oxygen atoms in total. The SMILES string of the molecule is c1cc(OCC2CO2)cc(C(c2ccc(OCC3CO3)cc2)c2cccc(OCC3CO3)c2)c1. The summed E-state index contributed by atoms with van der Waals surface area (Å²) in [6, 6.07) is 24.9. The lowest BCUT2D eigenvalue weighted by Crippen LogP contribution is -2.08. The van der Waals surface area contributed by atoms with E-state index in [0.29, 0.717) is 19.8 Å². The van der Waals surface area contributed by atoms with Gasteiger partial charge in [0.15, 0.2) is 0 Å². The summed E-state index contributed by atoms with van der Waals surface area (Å²) < 4.78 is 33.6. The minimum Gasteiger partial charge on any atom is -0.491 e. The lowest BCUT2D eigenvalue weighted by Gasteiger charge is -2.21. The molecule has 0 bridgehead atoms. The molecule has 0 saturated carbocycles. The first-order valence-electron chi connectivity index (χ1n) is 11.8. The fraction of sp³-hybridized carbons (Fsp3) is 0.357. The zero-order valence-electron chi connectivity index (χ0n) is 18.9. The van der Waals surface area contributed by atoms with Crippen molar-refractivity contribution in [3.05, 3.63) is 89.5 Å². The molecule has 0 spiro atoms. The summed E-state index contributed by atoms with van der Waals surface area (Å²) in [6.07, 6.45) is 0.676. The number of ether oxygens (including phenoxy) is 6. The van der Waals surface area contributed by atoms with E-state index in [9.17, 15) is 0 Å². The van der Waals surface area contributed by atoms with Crippen LogP contribution in [0.25, 0.3) is 0 Å². The maximum absolute atomic E-state index is 5.97. The summed E-state index contributed by atoms with van der Waals surface area (Å²) in [5, 5.41) is 0. The van der Waals surface area contributed by atoms with Crippen LogP contribution in [0.2, 0.25) is 0 Å². The molecule has 0 N–H and O–H groups in total. The lowest BCUT2D eigenvalue weighted by atomic mass is 9.85. The van der Waals surface area contributed by atoms with Crippen LogP contribution in [0.5, 0.6) is 17.2 Å².